The lowest BCUT2D eigenvalue weighted by Gasteiger charge is -2.08. The Morgan fingerprint density at radius 2 is 2.24 bits per heavy atom. The first-order chi connectivity index (χ1) is 8.29. The summed E-state index contributed by atoms with van der Waals surface area (Å²) in [7, 11) is 0. The first kappa shape index (κ1) is 11.7. The van der Waals surface area contributed by atoms with Crippen molar-refractivity contribution in [2.45, 2.75) is 20.0 Å². The number of nitrogens with zero attached hydrogens (tertiary/aromatic N) is 2. The number of nitrogens with one attached hydrogen (secondary N) is 1. The maximum atomic E-state index is 9.41. The van der Waals surface area contributed by atoms with Crippen molar-refractivity contribution in [3.63, 3.8) is 0 Å². The van der Waals surface area contributed by atoms with Crippen molar-refractivity contribution in [1.29, 1.82) is 0 Å². The fourth-order valence-corrected chi connectivity index (χ4v) is 1.73. The number of aromatic nitrogens is 2. The summed E-state index contributed by atoms with van der Waals surface area (Å²) in [5.41, 5.74) is 2.20. The Labute approximate surface area is 101 Å². The van der Waals surface area contributed by atoms with E-state index in [9.17, 15) is 5.11 Å². The number of rotatable bonds is 5. The molecule has 0 saturated carbocycles. The standard InChI is InChI=1S/C13H17N3O/c1-2-14-9-12-6-7-15-16(12)10-11-4-3-5-13(17)8-11/h3-8,14,17H,2,9-10H2,1H3. The minimum atomic E-state index is 0.294. The van der Waals surface area contributed by atoms with E-state index in [-0.39, 0.29) is 0 Å². The SMILES string of the molecule is CCNCc1ccnn1Cc1cccc(O)c1. The fourth-order valence-electron chi connectivity index (χ4n) is 1.73. The summed E-state index contributed by atoms with van der Waals surface area (Å²) in [5, 5.41) is 17.0. The molecule has 1 aromatic carbocycles. The van der Waals surface area contributed by atoms with Crippen molar-refractivity contribution in [2.75, 3.05) is 6.54 Å². The van der Waals surface area contributed by atoms with Gasteiger partial charge in [0, 0.05) is 12.7 Å². The van der Waals surface area contributed by atoms with E-state index in [1.54, 1.807) is 18.3 Å². The molecule has 1 aromatic heterocycles. The summed E-state index contributed by atoms with van der Waals surface area (Å²) in [5.74, 6) is 0.294. The van der Waals surface area contributed by atoms with Crippen molar-refractivity contribution in [3.8, 4) is 5.75 Å². The molecule has 0 aliphatic rings. The lowest BCUT2D eigenvalue weighted by Crippen LogP contribution is -2.16. The third kappa shape index (κ3) is 3.07. The zero-order valence-corrected chi connectivity index (χ0v) is 9.93. The van der Waals surface area contributed by atoms with Crippen LogP contribution in [-0.2, 0) is 13.1 Å². The van der Waals surface area contributed by atoms with E-state index in [1.807, 2.05) is 22.9 Å². The average Bonchev–Trinajstić information content (AvgIpc) is 2.74. The highest BCUT2D eigenvalue weighted by atomic mass is 16.3. The van der Waals surface area contributed by atoms with Crippen LogP contribution in [0.3, 0.4) is 0 Å². The Bertz CT molecular complexity index is 479. The molecule has 0 aliphatic carbocycles. The van der Waals surface area contributed by atoms with Crippen LogP contribution in [0.5, 0.6) is 5.75 Å². The number of aromatic hydroxyl groups is 1. The number of phenols is 1. The molecule has 4 heteroatoms. The average molecular weight is 231 g/mol. The van der Waals surface area contributed by atoms with Crippen LogP contribution in [0, 0.1) is 0 Å². The molecule has 0 aliphatic heterocycles. The maximum absolute atomic E-state index is 9.41. The predicted octanol–water partition coefficient (Wildman–Crippen LogP) is 1.75. The van der Waals surface area contributed by atoms with Crippen molar-refractivity contribution in [3.05, 3.63) is 47.8 Å². The first-order valence-electron chi connectivity index (χ1n) is 5.79. The molecule has 17 heavy (non-hydrogen) atoms. The second-order valence-corrected chi connectivity index (χ2v) is 3.93. The van der Waals surface area contributed by atoms with Crippen LogP contribution in [0.25, 0.3) is 0 Å². The number of hydrogen-bond donors (Lipinski definition) is 2. The van der Waals surface area contributed by atoms with Crippen molar-refractivity contribution in [2.24, 2.45) is 0 Å². The zero-order chi connectivity index (χ0) is 12.1. The third-order valence-electron chi connectivity index (χ3n) is 2.60. The lowest BCUT2D eigenvalue weighted by molar-refractivity contribution is 0.474. The summed E-state index contributed by atoms with van der Waals surface area (Å²) < 4.78 is 1.94. The van der Waals surface area contributed by atoms with Crippen molar-refractivity contribution < 1.29 is 5.11 Å². The van der Waals surface area contributed by atoms with Gasteiger partial charge in [-0.05, 0) is 30.3 Å². The molecule has 2 rings (SSSR count). The molecule has 1 heterocycles. The first-order valence-corrected chi connectivity index (χ1v) is 5.79. The van der Waals surface area contributed by atoms with Gasteiger partial charge in [-0.25, -0.2) is 0 Å². The second kappa shape index (κ2) is 5.50. The number of phenolic OH excluding ortho intramolecular Hbond substituents is 1. The molecule has 0 spiro atoms. The van der Waals surface area contributed by atoms with E-state index in [1.165, 1.54) is 0 Å². The monoisotopic (exact) mass is 231 g/mol. The molecule has 0 atom stereocenters. The molecular formula is C13H17N3O. The van der Waals surface area contributed by atoms with E-state index in [4.69, 9.17) is 0 Å². The van der Waals surface area contributed by atoms with E-state index in [2.05, 4.69) is 17.3 Å². The third-order valence-corrected chi connectivity index (χ3v) is 2.60. The van der Waals surface area contributed by atoms with Gasteiger partial charge in [0.1, 0.15) is 5.75 Å². The summed E-state index contributed by atoms with van der Waals surface area (Å²) in [6.07, 6.45) is 1.80. The van der Waals surface area contributed by atoms with E-state index in [0.717, 1.165) is 24.3 Å². The van der Waals surface area contributed by atoms with Crippen LogP contribution in [-0.4, -0.2) is 21.4 Å². The molecule has 2 aromatic rings. The smallest absolute Gasteiger partial charge is 0.115 e. The Balaban J connectivity index is 2.10. The van der Waals surface area contributed by atoms with Gasteiger partial charge in [-0.3, -0.25) is 4.68 Å². The van der Waals surface area contributed by atoms with Gasteiger partial charge < -0.3 is 10.4 Å². The van der Waals surface area contributed by atoms with Crippen molar-refractivity contribution in [1.82, 2.24) is 15.1 Å². The largest absolute Gasteiger partial charge is 0.508 e. The Kier molecular flexibility index (Phi) is 3.77. The molecule has 4 nitrogen and oxygen atoms in total. The topological polar surface area (TPSA) is 50.1 Å². The molecule has 0 fully saturated rings. The quantitative estimate of drug-likeness (QED) is 0.824. The van der Waals surface area contributed by atoms with Gasteiger partial charge >= 0.3 is 0 Å². The molecule has 0 bridgehead atoms. The molecule has 90 valence electrons. The molecule has 0 saturated heterocycles. The molecule has 0 unspecified atom stereocenters. The zero-order valence-electron chi connectivity index (χ0n) is 9.93. The normalized spacial score (nSPS) is 10.6. The predicted molar refractivity (Wildman–Crippen MR) is 66.8 cm³/mol. The van der Waals surface area contributed by atoms with E-state index in [0.29, 0.717) is 12.3 Å². The maximum Gasteiger partial charge on any atom is 0.115 e. The van der Waals surface area contributed by atoms with Gasteiger partial charge in [-0.2, -0.15) is 5.10 Å². The van der Waals surface area contributed by atoms with Crippen LogP contribution in [0.15, 0.2) is 36.5 Å². The van der Waals surface area contributed by atoms with Crippen LogP contribution in [0.1, 0.15) is 18.2 Å². The minimum Gasteiger partial charge on any atom is -0.508 e. The van der Waals surface area contributed by atoms with E-state index < -0.39 is 0 Å². The van der Waals surface area contributed by atoms with Gasteiger partial charge in [0.25, 0.3) is 0 Å². The summed E-state index contributed by atoms with van der Waals surface area (Å²) in [4.78, 5) is 0. The summed E-state index contributed by atoms with van der Waals surface area (Å²) >= 11 is 0. The number of benzene rings is 1. The van der Waals surface area contributed by atoms with Gasteiger partial charge in [-0.15, -0.1) is 0 Å². The Morgan fingerprint density at radius 1 is 1.35 bits per heavy atom. The fraction of sp³-hybridized carbons (Fsp3) is 0.308. The van der Waals surface area contributed by atoms with Crippen LogP contribution >= 0.6 is 0 Å². The summed E-state index contributed by atoms with van der Waals surface area (Å²) in [6.45, 7) is 4.52. The van der Waals surface area contributed by atoms with Gasteiger partial charge in [-0.1, -0.05) is 19.1 Å². The minimum absolute atomic E-state index is 0.294. The van der Waals surface area contributed by atoms with Crippen LogP contribution in [0.2, 0.25) is 0 Å². The molecule has 2 N–H and O–H groups in total. The molecular weight excluding hydrogens is 214 g/mol. The second-order valence-electron chi connectivity index (χ2n) is 3.93. The Morgan fingerprint density at radius 3 is 3.00 bits per heavy atom. The highest BCUT2D eigenvalue weighted by molar-refractivity contribution is 5.27. The van der Waals surface area contributed by atoms with Crippen LogP contribution in [0.4, 0.5) is 0 Å². The highest BCUT2D eigenvalue weighted by Crippen LogP contribution is 2.12. The van der Waals surface area contributed by atoms with Crippen molar-refractivity contribution >= 4 is 0 Å². The van der Waals surface area contributed by atoms with Gasteiger partial charge in [0.15, 0.2) is 0 Å². The van der Waals surface area contributed by atoms with Crippen LogP contribution < -0.4 is 5.32 Å². The highest BCUT2D eigenvalue weighted by Gasteiger charge is 2.03. The molecule has 0 amide bonds. The van der Waals surface area contributed by atoms with Gasteiger partial charge in [0.2, 0.25) is 0 Å². The Hall–Kier alpha value is -1.81. The molecule has 0 radical (unpaired) electrons. The summed E-state index contributed by atoms with van der Waals surface area (Å²) in [6, 6.07) is 9.27. The number of hydrogen-bond acceptors (Lipinski definition) is 3. The lowest BCUT2D eigenvalue weighted by atomic mass is 10.2. The van der Waals surface area contributed by atoms with Gasteiger partial charge in [0.05, 0.1) is 12.2 Å². The van der Waals surface area contributed by atoms with E-state index >= 15 is 0 Å².